The normalized spacial score (nSPS) is 13.4. The van der Waals surface area contributed by atoms with E-state index in [-0.39, 0.29) is 12.3 Å². The van der Waals surface area contributed by atoms with Crippen LogP contribution in [0.2, 0.25) is 0 Å². The highest BCUT2D eigenvalue weighted by Crippen LogP contribution is 2.38. The zero-order valence-electron chi connectivity index (χ0n) is 19.8. The van der Waals surface area contributed by atoms with E-state index in [1.807, 2.05) is 62.4 Å². The molecule has 3 aromatic carbocycles. The van der Waals surface area contributed by atoms with Crippen molar-refractivity contribution in [2.45, 2.75) is 32.1 Å². The van der Waals surface area contributed by atoms with Gasteiger partial charge < -0.3 is 10.1 Å². The molecule has 0 aromatic heterocycles. The second kappa shape index (κ2) is 10.6. The first kappa shape index (κ1) is 24.3. The molecule has 3 aromatic rings. The number of thioether (sulfide) groups is 1. The Morgan fingerprint density at radius 2 is 1.60 bits per heavy atom. The van der Waals surface area contributed by atoms with Crippen LogP contribution < -0.4 is 10.2 Å². The SMILES string of the molecule is CCOC(=O)c1ccc(N2C(=O)C(Nc3ccccc3CC)=C(Sc3ccc(C)cc3)C2=O)cc1. The molecule has 7 heteroatoms. The number of benzene rings is 3. The third kappa shape index (κ3) is 5.15. The molecule has 0 saturated carbocycles. The van der Waals surface area contributed by atoms with Gasteiger partial charge in [-0.2, -0.15) is 0 Å². The first-order valence-corrected chi connectivity index (χ1v) is 12.2. The molecule has 0 atom stereocenters. The number of ether oxygens (including phenoxy) is 1. The number of hydrogen-bond acceptors (Lipinski definition) is 6. The fourth-order valence-electron chi connectivity index (χ4n) is 3.72. The monoisotopic (exact) mass is 486 g/mol. The Bertz CT molecular complexity index is 1300. The largest absolute Gasteiger partial charge is 0.462 e. The van der Waals surface area contributed by atoms with E-state index in [2.05, 4.69) is 5.32 Å². The summed E-state index contributed by atoms with van der Waals surface area (Å²) in [6, 6.07) is 21.8. The highest BCUT2D eigenvalue weighted by atomic mass is 32.2. The minimum absolute atomic E-state index is 0.232. The number of nitrogens with one attached hydrogen (secondary N) is 1. The Hall–Kier alpha value is -3.84. The van der Waals surface area contributed by atoms with Crippen molar-refractivity contribution in [2.24, 2.45) is 0 Å². The summed E-state index contributed by atoms with van der Waals surface area (Å²) < 4.78 is 5.02. The van der Waals surface area contributed by atoms with Crippen LogP contribution >= 0.6 is 11.8 Å². The van der Waals surface area contributed by atoms with E-state index >= 15 is 0 Å². The Labute approximate surface area is 209 Å². The van der Waals surface area contributed by atoms with Crippen LogP contribution in [0.4, 0.5) is 11.4 Å². The maximum Gasteiger partial charge on any atom is 0.338 e. The van der Waals surface area contributed by atoms with Gasteiger partial charge in [-0.25, -0.2) is 9.69 Å². The van der Waals surface area contributed by atoms with E-state index in [0.29, 0.717) is 16.2 Å². The third-order valence-corrected chi connectivity index (χ3v) is 6.67. The summed E-state index contributed by atoms with van der Waals surface area (Å²) in [7, 11) is 0. The van der Waals surface area contributed by atoms with Gasteiger partial charge in [-0.15, -0.1) is 0 Å². The van der Waals surface area contributed by atoms with Crippen LogP contribution in [0.3, 0.4) is 0 Å². The quantitative estimate of drug-likeness (QED) is 0.324. The summed E-state index contributed by atoms with van der Waals surface area (Å²) in [6.45, 7) is 6.03. The Kier molecular flexibility index (Phi) is 7.36. The van der Waals surface area contributed by atoms with Crippen LogP contribution in [-0.4, -0.2) is 24.4 Å². The number of esters is 1. The summed E-state index contributed by atoms with van der Waals surface area (Å²) in [4.78, 5) is 41.5. The number of nitrogens with zero attached hydrogens (tertiary/aromatic N) is 1. The molecule has 178 valence electrons. The number of para-hydroxylation sites is 1. The standard InChI is InChI=1S/C28H26N2O4S/c1-4-19-8-6-7-9-23(19)29-24-25(35-22-16-10-18(3)11-17-22)27(32)30(26(24)31)21-14-12-20(13-15-21)28(33)34-5-2/h6-17,29H,4-5H2,1-3H3. The summed E-state index contributed by atoms with van der Waals surface area (Å²) >= 11 is 1.26. The van der Waals surface area contributed by atoms with Gasteiger partial charge in [0.25, 0.3) is 11.8 Å². The lowest BCUT2D eigenvalue weighted by Gasteiger charge is -2.16. The van der Waals surface area contributed by atoms with Crippen molar-refractivity contribution < 1.29 is 19.1 Å². The predicted molar refractivity (Wildman–Crippen MR) is 138 cm³/mol. The highest BCUT2D eigenvalue weighted by molar-refractivity contribution is 8.04. The lowest BCUT2D eigenvalue weighted by atomic mass is 10.1. The predicted octanol–water partition coefficient (Wildman–Crippen LogP) is 5.72. The number of imide groups is 1. The van der Waals surface area contributed by atoms with Gasteiger partial charge in [0, 0.05) is 10.6 Å². The van der Waals surface area contributed by atoms with Gasteiger partial charge in [-0.3, -0.25) is 9.59 Å². The fraction of sp³-hybridized carbons (Fsp3) is 0.179. The Balaban J connectivity index is 1.71. The average molecular weight is 487 g/mol. The highest BCUT2D eigenvalue weighted by Gasteiger charge is 2.40. The number of aryl methyl sites for hydroxylation is 2. The van der Waals surface area contributed by atoms with Crippen molar-refractivity contribution in [1.82, 2.24) is 0 Å². The fourth-order valence-corrected chi connectivity index (χ4v) is 4.65. The van der Waals surface area contributed by atoms with E-state index in [9.17, 15) is 14.4 Å². The van der Waals surface area contributed by atoms with E-state index in [1.54, 1.807) is 31.2 Å². The van der Waals surface area contributed by atoms with Gasteiger partial charge in [0.15, 0.2) is 0 Å². The van der Waals surface area contributed by atoms with E-state index < -0.39 is 17.8 Å². The number of amides is 2. The molecule has 35 heavy (non-hydrogen) atoms. The molecular weight excluding hydrogens is 460 g/mol. The zero-order chi connectivity index (χ0) is 24.9. The topological polar surface area (TPSA) is 75.7 Å². The maximum absolute atomic E-state index is 13.6. The molecule has 1 heterocycles. The lowest BCUT2D eigenvalue weighted by Crippen LogP contribution is -2.32. The molecule has 6 nitrogen and oxygen atoms in total. The van der Waals surface area contributed by atoms with Gasteiger partial charge in [0.05, 0.1) is 17.9 Å². The van der Waals surface area contributed by atoms with Gasteiger partial charge in [-0.05, 0) is 68.3 Å². The summed E-state index contributed by atoms with van der Waals surface area (Å²) in [5.74, 6) is -1.31. The minimum Gasteiger partial charge on any atom is -0.462 e. The smallest absolute Gasteiger partial charge is 0.338 e. The molecule has 0 unspecified atom stereocenters. The molecule has 1 aliphatic rings. The molecule has 0 saturated heterocycles. The molecule has 0 fully saturated rings. The van der Waals surface area contributed by atoms with Gasteiger partial charge in [-0.1, -0.05) is 54.6 Å². The van der Waals surface area contributed by atoms with E-state index in [1.165, 1.54) is 11.8 Å². The first-order chi connectivity index (χ1) is 16.9. The van der Waals surface area contributed by atoms with Crippen molar-refractivity contribution in [2.75, 3.05) is 16.8 Å². The summed E-state index contributed by atoms with van der Waals surface area (Å²) in [5.41, 5.74) is 3.90. The van der Waals surface area contributed by atoms with Crippen molar-refractivity contribution in [3.05, 3.63) is 100 Å². The number of carbonyl (C=O) groups excluding carboxylic acids is 3. The van der Waals surface area contributed by atoms with Crippen LogP contribution in [0.5, 0.6) is 0 Å². The molecular formula is C28H26N2O4S. The van der Waals surface area contributed by atoms with Gasteiger partial charge in [0.2, 0.25) is 0 Å². The molecule has 0 bridgehead atoms. The minimum atomic E-state index is -0.453. The Morgan fingerprint density at radius 1 is 0.914 bits per heavy atom. The van der Waals surface area contributed by atoms with Crippen molar-refractivity contribution in [1.29, 1.82) is 0 Å². The molecule has 1 aliphatic heterocycles. The number of rotatable bonds is 8. The average Bonchev–Trinajstić information content (AvgIpc) is 3.09. The number of carbonyl (C=O) groups is 3. The van der Waals surface area contributed by atoms with Crippen molar-refractivity contribution >= 4 is 40.9 Å². The van der Waals surface area contributed by atoms with E-state index in [4.69, 9.17) is 4.74 Å². The van der Waals surface area contributed by atoms with E-state index in [0.717, 1.165) is 33.0 Å². The van der Waals surface area contributed by atoms with Crippen LogP contribution in [0.25, 0.3) is 0 Å². The molecule has 0 spiro atoms. The molecule has 0 aliphatic carbocycles. The zero-order valence-corrected chi connectivity index (χ0v) is 20.6. The van der Waals surface area contributed by atoms with Crippen molar-refractivity contribution in [3.63, 3.8) is 0 Å². The second-order valence-electron chi connectivity index (χ2n) is 7.97. The van der Waals surface area contributed by atoms with Crippen LogP contribution in [-0.2, 0) is 20.7 Å². The summed E-state index contributed by atoms with van der Waals surface area (Å²) in [6.07, 6.45) is 0.776. The molecule has 2 amide bonds. The van der Waals surface area contributed by atoms with Gasteiger partial charge in [0.1, 0.15) is 10.6 Å². The Morgan fingerprint density at radius 3 is 2.26 bits per heavy atom. The van der Waals surface area contributed by atoms with Gasteiger partial charge >= 0.3 is 5.97 Å². The molecule has 1 N–H and O–H groups in total. The van der Waals surface area contributed by atoms with Crippen LogP contribution in [0, 0.1) is 6.92 Å². The lowest BCUT2D eigenvalue weighted by molar-refractivity contribution is -0.120. The number of hydrogen-bond donors (Lipinski definition) is 1. The number of anilines is 2. The second-order valence-corrected chi connectivity index (χ2v) is 9.05. The van der Waals surface area contributed by atoms with Crippen LogP contribution in [0.15, 0.2) is 88.3 Å². The third-order valence-electron chi connectivity index (χ3n) is 5.58. The summed E-state index contributed by atoms with van der Waals surface area (Å²) in [5, 5.41) is 3.24. The first-order valence-electron chi connectivity index (χ1n) is 11.4. The molecule has 0 radical (unpaired) electrons. The van der Waals surface area contributed by atoms with Crippen molar-refractivity contribution in [3.8, 4) is 0 Å². The maximum atomic E-state index is 13.6. The molecule has 4 rings (SSSR count). The van der Waals surface area contributed by atoms with Crippen LogP contribution in [0.1, 0.15) is 35.3 Å².